The van der Waals surface area contributed by atoms with Crippen LogP contribution >= 0.6 is 0 Å². The molecule has 10 heteroatoms. The number of hydrogen-bond donors (Lipinski definition) is 2. The second-order valence-corrected chi connectivity index (χ2v) is 9.40. The van der Waals surface area contributed by atoms with Crippen LogP contribution in [0.15, 0.2) is 0 Å². The molecule has 0 aliphatic rings. The van der Waals surface area contributed by atoms with Crippen LogP contribution in [0.4, 0.5) is 9.59 Å². The molecule has 0 aromatic rings. The highest BCUT2D eigenvalue weighted by Crippen LogP contribution is 2.23. The Morgan fingerprint density at radius 2 is 1.32 bits per heavy atom. The lowest BCUT2D eigenvalue weighted by Gasteiger charge is -2.27. The minimum absolute atomic E-state index is 0.0170. The van der Waals surface area contributed by atoms with Crippen molar-refractivity contribution in [3.63, 3.8) is 0 Å². The second-order valence-electron chi connectivity index (χ2n) is 9.40. The normalized spacial score (nSPS) is 14.1. The lowest BCUT2D eigenvalue weighted by molar-refractivity contribution is -0.440. The van der Waals surface area contributed by atoms with Crippen LogP contribution in [-0.4, -0.2) is 45.8 Å². The molecule has 0 aromatic carbocycles. The SMILES string of the molecule is CC(C)(C)OOC(C)(C)OC(=O)O.CCCCC(CC)C(OOC(C)(C)C)OC(=O)O. The van der Waals surface area contributed by atoms with Gasteiger partial charge in [0.2, 0.25) is 12.1 Å². The van der Waals surface area contributed by atoms with Crippen LogP contribution in [-0.2, 0) is 29.0 Å². The third-order valence-electron chi connectivity index (χ3n) is 3.27. The molecule has 0 aliphatic heterocycles. The summed E-state index contributed by atoms with van der Waals surface area (Å²) in [5.41, 5.74) is -0.998. The Morgan fingerprint density at radius 3 is 1.68 bits per heavy atom. The zero-order chi connectivity index (χ0) is 24.9. The summed E-state index contributed by atoms with van der Waals surface area (Å²) in [5.74, 6) is -1.28. The van der Waals surface area contributed by atoms with Gasteiger partial charge in [-0.2, -0.15) is 9.78 Å². The maximum atomic E-state index is 10.7. The monoisotopic (exact) mass is 454 g/mol. The first-order valence-corrected chi connectivity index (χ1v) is 10.4. The van der Waals surface area contributed by atoms with Crippen LogP contribution in [0.5, 0.6) is 0 Å². The fraction of sp³-hybridized carbons (Fsp3) is 0.905. The van der Waals surface area contributed by atoms with Crippen LogP contribution in [0.2, 0.25) is 0 Å². The molecule has 0 saturated carbocycles. The van der Waals surface area contributed by atoms with Gasteiger partial charge in [-0.25, -0.2) is 19.4 Å². The van der Waals surface area contributed by atoms with Crippen LogP contribution in [0.3, 0.4) is 0 Å². The number of rotatable bonds is 11. The van der Waals surface area contributed by atoms with E-state index in [1.165, 1.54) is 13.8 Å². The van der Waals surface area contributed by atoms with E-state index in [-0.39, 0.29) is 5.92 Å². The molecular formula is C21H42O10. The van der Waals surface area contributed by atoms with Gasteiger partial charge < -0.3 is 19.7 Å². The molecule has 0 aliphatic carbocycles. The summed E-state index contributed by atoms with van der Waals surface area (Å²) in [6.07, 6.45) is 0.102. The first kappa shape index (κ1) is 31.6. The lowest BCUT2D eigenvalue weighted by Crippen LogP contribution is -2.34. The van der Waals surface area contributed by atoms with Gasteiger partial charge >= 0.3 is 12.3 Å². The predicted molar refractivity (Wildman–Crippen MR) is 113 cm³/mol. The highest BCUT2D eigenvalue weighted by atomic mass is 17.2. The summed E-state index contributed by atoms with van der Waals surface area (Å²) >= 11 is 0. The number of unbranched alkanes of at least 4 members (excludes halogenated alkanes) is 1. The van der Waals surface area contributed by atoms with Gasteiger partial charge in [-0.3, -0.25) is 0 Å². The van der Waals surface area contributed by atoms with E-state index < -0.39 is 35.6 Å². The van der Waals surface area contributed by atoms with E-state index in [0.29, 0.717) is 0 Å². The summed E-state index contributed by atoms with van der Waals surface area (Å²) in [6.45, 7) is 17.8. The van der Waals surface area contributed by atoms with E-state index in [1.807, 2.05) is 27.7 Å². The lowest BCUT2D eigenvalue weighted by atomic mass is 9.99. The summed E-state index contributed by atoms with van der Waals surface area (Å²) in [5, 5.41) is 17.0. The zero-order valence-corrected chi connectivity index (χ0v) is 20.6. The molecular weight excluding hydrogens is 412 g/mol. The minimum atomic E-state index is -1.40. The maximum Gasteiger partial charge on any atom is 0.508 e. The molecule has 2 unspecified atom stereocenters. The van der Waals surface area contributed by atoms with Gasteiger partial charge in [-0.05, 0) is 54.4 Å². The van der Waals surface area contributed by atoms with Gasteiger partial charge in [0.25, 0.3) is 0 Å². The quantitative estimate of drug-likeness (QED) is 0.162. The Labute approximate surface area is 185 Å². The number of carbonyl (C=O) groups is 2. The Bertz CT molecular complexity index is 505. The van der Waals surface area contributed by atoms with Crippen molar-refractivity contribution < 1.29 is 48.8 Å². The molecule has 0 fully saturated rings. The molecule has 0 spiro atoms. The highest BCUT2D eigenvalue weighted by Gasteiger charge is 2.28. The average Bonchev–Trinajstić information content (AvgIpc) is 2.56. The van der Waals surface area contributed by atoms with Gasteiger partial charge in [0.05, 0.1) is 11.2 Å². The van der Waals surface area contributed by atoms with Gasteiger partial charge in [0.15, 0.2) is 0 Å². The minimum Gasteiger partial charge on any atom is -0.450 e. The van der Waals surface area contributed by atoms with Crippen molar-refractivity contribution in [1.82, 2.24) is 0 Å². The van der Waals surface area contributed by atoms with E-state index in [2.05, 4.69) is 11.7 Å². The molecule has 2 N–H and O–H groups in total. The summed E-state index contributed by atoms with van der Waals surface area (Å²) in [4.78, 5) is 40.9. The van der Waals surface area contributed by atoms with Gasteiger partial charge in [-0.1, -0.05) is 26.7 Å². The predicted octanol–water partition coefficient (Wildman–Crippen LogP) is 6.13. The summed E-state index contributed by atoms with van der Waals surface area (Å²) < 4.78 is 9.17. The van der Waals surface area contributed by atoms with Crippen LogP contribution < -0.4 is 0 Å². The fourth-order valence-corrected chi connectivity index (χ4v) is 1.94. The van der Waals surface area contributed by atoms with E-state index in [0.717, 1.165) is 25.7 Å². The number of ether oxygens (including phenoxy) is 2. The Balaban J connectivity index is 0. The second kappa shape index (κ2) is 14.4. The maximum absolute atomic E-state index is 10.7. The molecule has 0 aromatic heterocycles. The van der Waals surface area contributed by atoms with Crippen molar-refractivity contribution in [2.24, 2.45) is 5.92 Å². The van der Waals surface area contributed by atoms with Crippen molar-refractivity contribution in [2.75, 3.05) is 0 Å². The van der Waals surface area contributed by atoms with Gasteiger partial charge in [0.1, 0.15) is 0 Å². The van der Waals surface area contributed by atoms with E-state index in [9.17, 15) is 9.59 Å². The van der Waals surface area contributed by atoms with Crippen LogP contribution in [0, 0.1) is 5.92 Å². The van der Waals surface area contributed by atoms with E-state index in [4.69, 9.17) is 34.5 Å². The molecule has 186 valence electrons. The average molecular weight is 455 g/mol. The molecule has 0 bridgehead atoms. The molecule has 2 atom stereocenters. The Kier molecular flexibility index (Phi) is 14.7. The topological polar surface area (TPSA) is 130 Å². The molecule has 0 radical (unpaired) electrons. The molecule has 31 heavy (non-hydrogen) atoms. The smallest absolute Gasteiger partial charge is 0.450 e. The number of hydrogen-bond acceptors (Lipinski definition) is 8. The Hall–Kier alpha value is -1.62. The first-order valence-electron chi connectivity index (χ1n) is 10.4. The van der Waals surface area contributed by atoms with Crippen molar-refractivity contribution in [2.45, 2.75) is 118 Å². The zero-order valence-electron chi connectivity index (χ0n) is 20.6. The van der Waals surface area contributed by atoms with Crippen LogP contribution in [0.25, 0.3) is 0 Å². The van der Waals surface area contributed by atoms with Crippen molar-refractivity contribution in [3.8, 4) is 0 Å². The molecule has 0 saturated heterocycles. The standard InChI is InChI=1S/C13H26O5.C8H16O5/c1-6-8-9-10(7-2)11(16-12(14)15)17-18-13(3,4)5;1-7(2,3)12-13-8(4,5)11-6(9)10/h10-11H,6-9H2,1-5H3,(H,14,15);1-5H3,(H,9,10). The van der Waals surface area contributed by atoms with Crippen molar-refractivity contribution in [1.29, 1.82) is 0 Å². The van der Waals surface area contributed by atoms with Gasteiger partial charge in [-0.15, -0.1) is 0 Å². The fourth-order valence-electron chi connectivity index (χ4n) is 1.94. The Morgan fingerprint density at radius 1 is 0.806 bits per heavy atom. The molecule has 0 amide bonds. The number of carboxylic acid groups (broad SMARTS) is 2. The van der Waals surface area contributed by atoms with Crippen LogP contribution in [0.1, 0.15) is 94.9 Å². The molecule has 10 nitrogen and oxygen atoms in total. The summed E-state index contributed by atoms with van der Waals surface area (Å²) in [6, 6.07) is 0. The van der Waals surface area contributed by atoms with E-state index in [1.54, 1.807) is 20.8 Å². The third kappa shape index (κ3) is 21.4. The molecule has 0 heterocycles. The highest BCUT2D eigenvalue weighted by molar-refractivity contribution is 5.57. The van der Waals surface area contributed by atoms with Crippen molar-refractivity contribution in [3.05, 3.63) is 0 Å². The largest absolute Gasteiger partial charge is 0.508 e. The van der Waals surface area contributed by atoms with Crippen molar-refractivity contribution >= 4 is 12.3 Å². The van der Waals surface area contributed by atoms with Gasteiger partial charge in [0, 0.05) is 19.8 Å². The van der Waals surface area contributed by atoms with E-state index >= 15 is 0 Å². The summed E-state index contributed by atoms with van der Waals surface area (Å²) in [7, 11) is 0. The first-order chi connectivity index (χ1) is 13.9. The third-order valence-corrected chi connectivity index (χ3v) is 3.27. The molecule has 0 rings (SSSR count).